The standard InChI is InChI=1S/C18H21NO2/c1-20-15-10-14(11-16(12-15)21-2)17-8-9-19-18(17)13-6-4-3-5-7-13/h3-7,10-12,17-19H,8-9H2,1-2H3. The number of methoxy groups -OCH3 is 2. The van der Waals surface area contributed by atoms with Gasteiger partial charge >= 0.3 is 0 Å². The average Bonchev–Trinajstić information content (AvgIpc) is 3.04. The van der Waals surface area contributed by atoms with E-state index in [9.17, 15) is 0 Å². The van der Waals surface area contributed by atoms with Crippen LogP contribution in [0.3, 0.4) is 0 Å². The first kappa shape index (κ1) is 14.0. The van der Waals surface area contributed by atoms with Gasteiger partial charge in [0, 0.05) is 18.0 Å². The van der Waals surface area contributed by atoms with Crippen molar-refractivity contribution in [2.75, 3.05) is 20.8 Å². The van der Waals surface area contributed by atoms with Crippen LogP contribution in [0, 0.1) is 0 Å². The van der Waals surface area contributed by atoms with Crippen molar-refractivity contribution in [2.24, 2.45) is 0 Å². The first-order chi connectivity index (χ1) is 10.3. The second kappa shape index (κ2) is 6.19. The topological polar surface area (TPSA) is 30.5 Å². The number of hydrogen-bond acceptors (Lipinski definition) is 3. The van der Waals surface area contributed by atoms with Gasteiger partial charge in [-0.05, 0) is 36.2 Å². The number of ether oxygens (including phenoxy) is 2. The largest absolute Gasteiger partial charge is 0.497 e. The molecule has 21 heavy (non-hydrogen) atoms. The van der Waals surface area contributed by atoms with Crippen LogP contribution < -0.4 is 14.8 Å². The molecule has 110 valence electrons. The van der Waals surface area contributed by atoms with Crippen LogP contribution in [-0.2, 0) is 0 Å². The zero-order valence-electron chi connectivity index (χ0n) is 12.5. The van der Waals surface area contributed by atoms with Crippen LogP contribution in [0.4, 0.5) is 0 Å². The number of benzene rings is 2. The molecule has 0 spiro atoms. The summed E-state index contributed by atoms with van der Waals surface area (Å²) in [5, 5.41) is 3.61. The third-order valence-corrected chi connectivity index (χ3v) is 4.18. The summed E-state index contributed by atoms with van der Waals surface area (Å²) in [5.74, 6) is 2.14. The van der Waals surface area contributed by atoms with Crippen molar-refractivity contribution in [1.29, 1.82) is 0 Å². The highest BCUT2D eigenvalue weighted by Gasteiger charge is 2.30. The maximum absolute atomic E-state index is 5.40. The molecule has 1 aliphatic rings. The highest BCUT2D eigenvalue weighted by molar-refractivity contribution is 5.42. The van der Waals surface area contributed by atoms with E-state index in [4.69, 9.17) is 9.47 Å². The van der Waals surface area contributed by atoms with Crippen molar-refractivity contribution >= 4 is 0 Å². The SMILES string of the molecule is COc1cc(OC)cc(C2CCNC2c2ccccc2)c1. The molecule has 2 aromatic rings. The van der Waals surface area contributed by atoms with Crippen molar-refractivity contribution in [1.82, 2.24) is 5.32 Å². The van der Waals surface area contributed by atoms with Crippen molar-refractivity contribution in [3.05, 3.63) is 59.7 Å². The maximum Gasteiger partial charge on any atom is 0.122 e. The maximum atomic E-state index is 5.40. The molecule has 3 heteroatoms. The lowest BCUT2D eigenvalue weighted by Gasteiger charge is -2.21. The number of nitrogens with one attached hydrogen (secondary N) is 1. The minimum absolute atomic E-state index is 0.350. The Balaban J connectivity index is 1.95. The van der Waals surface area contributed by atoms with E-state index in [1.807, 2.05) is 6.07 Å². The van der Waals surface area contributed by atoms with Gasteiger partial charge in [0.15, 0.2) is 0 Å². The smallest absolute Gasteiger partial charge is 0.122 e. The van der Waals surface area contributed by atoms with Gasteiger partial charge in [-0.3, -0.25) is 0 Å². The van der Waals surface area contributed by atoms with E-state index in [1.165, 1.54) is 11.1 Å². The van der Waals surface area contributed by atoms with Gasteiger partial charge in [0.25, 0.3) is 0 Å². The van der Waals surface area contributed by atoms with Crippen LogP contribution in [0.5, 0.6) is 11.5 Å². The second-order valence-electron chi connectivity index (χ2n) is 5.38. The van der Waals surface area contributed by atoms with E-state index in [-0.39, 0.29) is 0 Å². The van der Waals surface area contributed by atoms with Gasteiger partial charge in [-0.15, -0.1) is 0 Å². The van der Waals surface area contributed by atoms with Crippen LogP contribution >= 0.6 is 0 Å². The normalized spacial score (nSPS) is 21.2. The molecule has 1 fully saturated rings. The molecular weight excluding hydrogens is 262 g/mol. The minimum Gasteiger partial charge on any atom is -0.497 e. The molecule has 2 atom stereocenters. The minimum atomic E-state index is 0.350. The van der Waals surface area contributed by atoms with Crippen molar-refractivity contribution in [2.45, 2.75) is 18.4 Å². The summed E-state index contributed by atoms with van der Waals surface area (Å²) < 4.78 is 10.8. The Morgan fingerprint density at radius 2 is 1.57 bits per heavy atom. The van der Waals surface area contributed by atoms with Gasteiger partial charge in [-0.1, -0.05) is 30.3 Å². The Kier molecular flexibility index (Phi) is 4.11. The molecule has 1 heterocycles. The quantitative estimate of drug-likeness (QED) is 0.931. The molecule has 0 aromatic heterocycles. The fraction of sp³-hybridized carbons (Fsp3) is 0.333. The molecule has 2 aromatic carbocycles. The molecule has 1 aliphatic heterocycles. The molecule has 0 saturated carbocycles. The van der Waals surface area contributed by atoms with Gasteiger partial charge < -0.3 is 14.8 Å². The van der Waals surface area contributed by atoms with Gasteiger partial charge in [0.05, 0.1) is 14.2 Å². The molecule has 2 unspecified atom stereocenters. The highest BCUT2D eigenvalue weighted by Crippen LogP contribution is 2.40. The molecule has 1 N–H and O–H groups in total. The summed E-state index contributed by atoms with van der Waals surface area (Å²) >= 11 is 0. The summed E-state index contributed by atoms with van der Waals surface area (Å²) in [6, 6.07) is 17.1. The van der Waals surface area contributed by atoms with E-state index < -0.39 is 0 Å². The Hall–Kier alpha value is -2.00. The van der Waals surface area contributed by atoms with Gasteiger partial charge in [-0.25, -0.2) is 0 Å². The van der Waals surface area contributed by atoms with Crippen LogP contribution in [0.1, 0.15) is 29.5 Å². The third kappa shape index (κ3) is 2.88. The van der Waals surface area contributed by atoms with Crippen LogP contribution in [0.15, 0.2) is 48.5 Å². The Morgan fingerprint density at radius 1 is 0.905 bits per heavy atom. The van der Waals surface area contributed by atoms with Gasteiger partial charge in [-0.2, -0.15) is 0 Å². The molecule has 0 aliphatic carbocycles. The lowest BCUT2D eigenvalue weighted by molar-refractivity contribution is 0.392. The molecule has 3 rings (SSSR count). The third-order valence-electron chi connectivity index (χ3n) is 4.18. The summed E-state index contributed by atoms with van der Waals surface area (Å²) in [6.07, 6.45) is 1.12. The lowest BCUT2D eigenvalue weighted by atomic mass is 9.87. The Labute approximate surface area is 125 Å². The predicted octanol–water partition coefficient (Wildman–Crippen LogP) is 3.52. The summed E-state index contributed by atoms with van der Waals surface area (Å²) in [5.41, 5.74) is 2.60. The van der Waals surface area contributed by atoms with Crippen LogP contribution in [0.25, 0.3) is 0 Å². The Morgan fingerprint density at radius 3 is 2.19 bits per heavy atom. The predicted molar refractivity (Wildman–Crippen MR) is 84.1 cm³/mol. The molecule has 1 saturated heterocycles. The van der Waals surface area contributed by atoms with E-state index in [2.05, 4.69) is 47.8 Å². The fourth-order valence-corrected chi connectivity index (χ4v) is 3.12. The summed E-state index contributed by atoms with van der Waals surface area (Å²) in [4.78, 5) is 0. The van der Waals surface area contributed by atoms with Crippen molar-refractivity contribution in [3.63, 3.8) is 0 Å². The molecule has 0 amide bonds. The molecule has 0 radical (unpaired) electrons. The average molecular weight is 283 g/mol. The van der Waals surface area contributed by atoms with Crippen LogP contribution in [0.2, 0.25) is 0 Å². The molecule has 3 nitrogen and oxygen atoms in total. The molecule has 0 bridgehead atoms. The van der Waals surface area contributed by atoms with Crippen molar-refractivity contribution in [3.8, 4) is 11.5 Å². The highest BCUT2D eigenvalue weighted by atomic mass is 16.5. The lowest BCUT2D eigenvalue weighted by Crippen LogP contribution is -2.17. The first-order valence-corrected chi connectivity index (χ1v) is 7.33. The number of rotatable bonds is 4. The van der Waals surface area contributed by atoms with Crippen molar-refractivity contribution < 1.29 is 9.47 Å². The van der Waals surface area contributed by atoms with Crippen LogP contribution in [-0.4, -0.2) is 20.8 Å². The molecular formula is C18H21NO2. The Bertz CT molecular complexity index is 575. The van der Waals surface area contributed by atoms with E-state index in [0.29, 0.717) is 12.0 Å². The van der Waals surface area contributed by atoms with E-state index >= 15 is 0 Å². The fourth-order valence-electron chi connectivity index (χ4n) is 3.12. The summed E-state index contributed by atoms with van der Waals surface area (Å²) in [6.45, 7) is 1.03. The summed E-state index contributed by atoms with van der Waals surface area (Å²) in [7, 11) is 3.39. The van der Waals surface area contributed by atoms with Gasteiger partial charge in [0.2, 0.25) is 0 Å². The van der Waals surface area contributed by atoms with E-state index in [0.717, 1.165) is 24.5 Å². The second-order valence-corrected chi connectivity index (χ2v) is 5.38. The van der Waals surface area contributed by atoms with Gasteiger partial charge in [0.1, 0.15) is 11.5 Å². The first-order valence-electron chi connectivity index (χ1n) is 7.33. The van der Waals surface area contributed by atoms with E-state index in [1.54, 1.807) is 14.2 Å². The number of hydrogen-bond donors (Lipinski definition) is 1. The zero-order chi connectivity index (χ0) is 14.7. The zero-order valence-corrected chi connectivity index (χ0v) is 12.5. The monoisotopic (exact) mass is 283 g/mol.